The maximum Gasteiger partial charge on any atom is 0.303 e. The van der Waals surface area contributed by atoms with Crippen molar-refractivity contribution in [2.45, 2.75) is 12.8 Å². The molecular formula is C15H16N4O4. The van der Waals surface area contributed by atoms with Gasteiger partial charge in [0, 0.05) is 24.9 Å². The minimum absolute atomic E-state index is 0.0874. The van der Waals surface area contributed by atoms with Gasteiger partial charge in [0.1, 0.15) is 11.6 Å². The molecule has 0 aromatic heterocycles. The van der Waals surface area contributed by atoms with Crippen molar-refractivity contribution in [1.82, 2.24) is 10.6 Å². The van der Waals surface area contributed by atoms with Crippen molar-refractivity contribution >= 4 is 23.5 Å². The number of nitrogens with one attached hydrogen (secondary N) is 2. The van der Waals surface area contributed by atoms with Crippen molar-refractivity contribution in [2.75, 3.05) is 12.3 Å². The zero-order chi connectivity index (χ0) is 17.2. The summed E-state index contributed by atoms with van der Waals surface area (Å²) in [5, 5.41) is 22.1. The Morgan fingerprint density at radius 1 is 1.30 bits per heavy atom. The van der Waals surface area contributed by atoms with Gasteiger partial charge < -0.3 is 21.5 Å². The normalized spacial score (nSPS) is 10.5. The fourth-order valence-corrected chi connectivity index (χ4v) is 1.60. The minimum Gasteiger partial charge on any atom is -0.481 e. The summed E-state index contributed by atoms with van der Waals surface area (Å²) in [4.78, 5) is 34.0. The van der Waals surface area contributed by atoms with E-state index in [1.165, 1.54) is 6.07 Å². The number of carbonyl (C=O) groups excluding carboxylic acids is 2. The van der Waals surface area contributed by atoms with Crippen LogP contribution in [0.25, 0.3) is 0 Å². The molecule has 1 rings (SSSR count). The molecule has 0 aliphatic heterocycles. The third-order valence-electron chi connectivity index (χ3n) is 2.77. The van der Waals surface area contributed by atoms with Crippen LogP contribution < -0.4 is 16.4 Å². The maximum atomic E-state index is 11.9. The van der Waals surface area contributed by atoms with Crippen LogP contribution in [0.5, 0.6) is 0 Å². The summed E-state index contributed by atoms with van der Waals surface area (Å²) in [6.45, 7) is 0.115. The molecule has 0 fully saturated rings. The molecule has 8 heteroatoms. The first-order valence-corrected chi connectivity index (χ1v) is 6.71. The number of carboxylic acid groups (broad SMARTS) is 1. The molecule has 120 valence electrons. The Bertz CT molecular complexity index is 676. The molecule has 2 amide bonds. The average Bonchev–Trinajstić information content (AvgIpc) is 2.52. The van der Waals surface area contributed by atoms with Crippen molar-refractivity contribution < 1.29 is 19.5 Å². The molecular weight excluding hydrogens is 300 g/mol. The van der Waals surface area contributed by atoms with Gasteiger partial charge >= 0.3 is 5.97 Å². The zero-order valence-electron chi connectivity index (χ0n) is 12.2. The smallest absolute Gasteiger partial charge is 0.303 e. The molecule has 0 radical (unpaired) electrons. The molecule has 1 aromatic rings. The SMILES string of the molecule is N#C/C(=C/NC(=O)c1ccccc1N)C(=O)NCCCC(=O)O. The molecule has 5 N–H and O–H groups in total. The first kappa shape index (κ1) is 17.7. The summed E-state index contributed by atoms with van der Waals surface area (Å²) in [7, 11) is 0. The van der Waals surface area contributed by atoms with Crippen molar-refractivity contribution in [2.24, 2.45) is 0 Å². The number of anilines is 1. The summed E-state index contributed by atoms with van der Waals surface area (Å²) in [6.07, 6.45) is 1.14. The number of hydrogen-bond acceptors (Lipinski definition) is 5. The molecule has 1 aromatic carbocycles. The van der Waals surface area contributed by atoms with E-state index >= 15 is 0 Å². The van der Waals surface area contributed by atoms with E-state index in [2.05, 4.69) is 10.6 Å². The number of carbonyl (C=O) groups is 3. The third kappa shape index (κ3) is 5.89. The number of rotatable bonds is 7. The average molecular weight is 316 g/mol. The van der Waals surface area contributed by atoms with Crippen LogP contribution in [0.1, 0.15) is 23.2 Å². The highest BCUT2D eigenvalue weighted by Gasteiger charge is 2.11. The second-order valence-corrected chi connectivity index (χ2v) is 4.48. The predicted molar refractivity (Wildman–Crippen MR) is 81.9 cm³/mol. The molecule has 0 unspecified atom stereocenters. The Kier molecular flexibility index (Phi) is 6.81. The molecule has 0 heterocycles. The van der Waals surface area contributed by atoms with E-state index in [9.17, 15) is 14.4 Å². The molecule has 0 atom stereocenters. The number of nitrogens with two attached hydrogens (primary N) is 1. The van der Waals surface area contributed by atoms with E-state index in [1.54, 1.807) is 24.3 Å². The van der Waals surface area contributed by atoms with Crippen LogP contribution in [0, 0.1) is 11.3 Å². The molecule has 0 spiro atoms. The lowest BCUT2D eigenvalue weighted by Gasteiger charge is -2.05. The first-order valence-electron chi connectivity index (χ1n) is 6.71. The number of hydrogen-bond donors (Lipinski definition) is 4. The molecule has 8 nitrogen and oxygen atoms in total. The van der Waals surface area contributed by atoms with E-state index < -0.39 is 17.8 Å². The highest BCUT2D eigenvalue weighted by atomic mass is 16.4. The van der Waals surface area contributed by atoms with Gasteiger partial charge in [-0.1, -0.05) is 12.1 Å². The quantitative estimate of drug-likeness (QED) is 0.248. The number of aliphatic carboxylic acids is 1. The summed E-state index contributed by atoms with van der Waals surface area (Å²) >= 11 is 0. The van der Waals surface area contributed by atoms with Gasteiger partial charge in [-0.05, 0) is 18.6 Å². The van der Waals surface area contributed by atoms with Gasteiger partial charge in [0.05, 0.1) is 5.56 Å². The fourth-order valence-electron chi connectivity index (χ4n) is 1.60. The number of carboxylic acids is 1. The van der Waals surface area contributed by atoms with Crippen molar-refractivity contribution in [3.8, 4) is 6.07 Å². The van der Waals surface area contributed by atoms with Gasteiger partial charge in [-0.2, -0.15) is 5.26 Å². The first-order chi connectivity index (χ1) is 11.0. The summed E-state index contributed by atoms with van der Waals surface area (Å²) in [6, 6.07) is 8.03. The maximum absolute atomic E-state index is 11.9. The van der Waals surface area contributed by atoms with Crippen LogP contribution >= 0.6 is 0 Å². The second kappa shape index (κ2) is 8.84. The molecule has 23 heavy (non-hydrogen) atoms. The van der Waals surface area contributed by atoms with E-state index in [-0.39, 0.29) is 36.2 Å². The topological polar surface area (TPSA) is 145 Å². The van der Waals surface area contributed by atoms with E-state index in [1.807, 2.05) is 0 Å². The lowest BCUT2D eigenvalue weighted by molar-refractivity contribution is -0.137. The molecule has 0 aliphatic carbocycles. The van der Waals surface area contributed by atoms with Gasteiger partial charge in [0.15, 0.2) is 0 Å². The molecule has 0 aliphatic rings. The second-order valence-electron chi connectivity index (χ2n) is 4.48. The van der Waals surface area contributed by atoms with Crippen LogP contribution in [0.2, 0.25) is 0 Å². The number of nitrogen functional groups attached to an aromatic ring is 1. The minimum atomic E-state index is -0.969. The number of benzene rings is 1. The van der Waals surface area contributed by atoms with E-state index in [0.717, 1.165) is 6.20 Å². The van der Waals surface area contributed by atoms with Gasteiger partial charge in [-0.15, -0.1) is 0 Å². The van der Waals surface area contributed by atoms with Crippen LogP contribution in [0.15, 0.2) is 36.0 Å². The highest BCUT2D eigenvalue weighted by Crippen LogP contribution is 2.09. The third-order valence-corrected chi connectivity index (χ3v) is 2.77. The summed E-state index contributed by atoms with van der Waals surface area (Å²) in [5.74, 6) is -2.21. The Morgan fingerprint density at radius 3 is 2.61 bits per heavy atom. The fraction of sp³-hybridized carbons (Fsp3) is 0.200. The summed E-state index contributed by atoms with van der Waals surface area (Å²) < 4.78 is 0. The van der Waals surface area contributed by atoms with E-state index in [0.29, 0.717) is 0 Å². The Balaban J connectivity index is 2.60. The standard InChI is InChI=1S/C15H16N4O4/c16-8-10(14(22)18-7-3-6-13(20)21)9-19-15(23)11-4-1-2-5-12(11)17/h1-2,4-5,9H,3,6-7,17H2,(H,18,22)(H,19,23)(H,20,21)/b10-9-. The molecule has 0 saturated carbocycles. The number of amides is 2. The van der Waals surface area contributed by atoms with Crippen molar-refractivity contribution in [3.63, 3.8) is 0 Å². The van der Waals surface area contributed by atoms with Crippen molar-refractivity contribution in [3.05, 3.63) is 41.6 Å². The van der Waals surface area contributed by atoms with Crippen LogP contribution in [-0.4, -0.2) is 29.4 Å². The van der Waals surface area contributed by atoms with Crippen LogP contribution in [-0.2, 0) is 9.59 Å². The number of nitriles is 1. The molecule has 0 saturated heterocycles. The lowest BCUT2D eigenvalue weighted by atomic mass is 10.1. The molecule has 0 bridgehead atoms. The Hall–Kier alpha value is -3.34. The number of para-hydroxylation sites is 1. The Labute approximate surface area is 132 Å². The monoisotopic (exact) mass is 316 g/mol. The van der Waals surface area contributed by atoms with Crippen LogP contribution in [0.4, 0.5) is 5.69 Å². The van der Waals surface area contributed by atoms with Gasteiger partial charge in [-0.25, -0.2) is 0 Å². The van der Waals surface area contributed by atoms with Crippen molar-refractivity contribution in [1.29, 1.82) is 5.26 Å². The van der Waals surface area contributed by atoms with E-state index in [4.69, 9.17) is 16.1 Å². The number of nitrogens with zero attached hydrogens (tertiary/aromatic N) is 1. The lowest BCUT2D eigenvalue weighted by Crippen LogP contribution is -2.28. The van der Waals surface area contributed by atoms with Gasteiger partial charge in [0.25, 0.3) is 11.8 Å². The predicted octanol–water partition coefficient (Wildman–Crippen LogP) is 0.387. The van der Waals surface area contributed by atoms with Crippen LogP contribution in [0.3, 0.4) is 0 Å². The summed E-state index contributed by atoms with van der Waals surface area (Å²) in [5.41, 5.74) is 5.85. The Morgan fingerprint density at radius 2 is 2.00 bits per heavy atom. The van der Waals surface area contributed by atoms with Gasteiger partial charge in [-0.3, -0.25) is 14.4 Å². The largest absolute Gasteiger partial charge is 0.481 e. The highest BCUT2D eigenvalue weighted by molar-refractivity contribution is 6.01. The van der Waals surface area contributed by atoms with Gasteiger partial charge in [0.2, 0.25) is 0 Å². The zero-order valence-corrected chi connectivity index (χ0v) is 12.2.